The molecule has 4 heteroatoms. The number of allylic oxidation sites excluding steroid dienone is 1. The Labute approximate surface area is 59.7 Å². The summed E-state index contributed by atoms with van der Waals surface area (Å²) >= 11 is 0. The molecule has 0 heterocycles. The van der Waals surface area contributed by atoms with Crippen LogP contribution in [-0.4, -0.2) is 5.21 Å². The molecule has 56 valence electrons. The summed E-state index contributed by atoms with van der Waals surface area (Å²) in [6.07, 6.45) is 2.96. The minimum atomic E-state index is 0.341. The standard InChI is InChI=1S/C6H11N3O/c1-3-6(4-8-7)5(2)9-10/h3-4,8-10H,1-2,7H2/b6-4+. The molecule has 0 aliphatic rings. The predicted octanol–water partition coefficient (Wildman–Crippen LogP) is 0.0121. The second-order valence-electron chi connectivity index (χ2n) is 1.56. The van der Waals surface area contributed by atoms with Gasteiger partial charge in [0.05, 0.1) is 5.70 Å². The molecule has 10 heavy (non-hydrogen) atoms. The summed E-state index contributed by atoms with van der Waals surface area (Å²) in [6.45, 7) is 6.94. The van der Waals surface area contributed by atoms with Crippen molar-refractivity contribution in [2.75, 3.05) is 0 Å². The van der Waals surface area contributed by atoms with Crippen LogP contribution in [0.15, 0.2) is 36.7 Å². The molecule has 0 aromatic carbocycles. The summed E-state index contributed by atoms with van der Waals surface area (Å²) in [5.74, 6) is 4.97. The molecule has 0 aromatic rings. The van der Waals surface area contributed by atoms with Gasteiger partial charge < -0.3 is 5.43 Å². The second-order valence-corrected chi connectivity index (χ2v) is 1.56. The summed E-state index contributed by atoms with van der Waals surface area (Å²) in [4.78, 5) is 0. The molecule has 0 spiro atoms. The fraction of sp³-hybridized carbons (Fsp3) is 0. The highest BCUT2D eigenvalue weighted by Gasteiger charge is 1.93. The van der Waals surface area contributed by atoms with Gasteiger partial charge in [-0.2, -0.15) is 0 Å². The minimum absolute atomic E-state index is 0.341. The van der Waals surface area contributed by atoms with Crippen molar-refractivity contribution in [3.63, 3.8) is 0 Å². The van der Waals surface area contributed by atoms with Crippen molar-refractivity contribution in [3.05, 3.63) is 36.7 Å². The molecule has 4 nitrogen and oxygen atoms in total. The molecule has 0 aliphatic heterocycles. The lowest BCUT2D eigenvalue weighted by atomic mass is 10.2. The Hall–Kier alpha value is -1.26. The van der Waals surface area contributed by atoms with Crippen LogP contribution in [0.25, 0.3) is 0 Å². The number of nitrogens with one attached hydrogen (secondary N) is 2. The van der Waals surface area contributed by atoms with Gasteiger partial charge in [-0.05, 0) is 0 Å². The zero-order valence-electron chi connectivity index (χ0n) is 5.59. The van der Waals surface area contributed by atoms with Crippen molar-refractivity contribution in [2.24, 2.45) is 5.84 Å². The Morgan fingerprint density at radius 1 is 1.60 bits per heavy atom. The Morgan fingerprint density at radius 2 is 2.20 bits per heavy atom. The van der Waals surface area contributed by atoms with Crippen LogP contribution in [0, 0.1) is 0 Å². The highest BCUT2D eigenvalue weighted by molar-refractivity contribution is 5.34. The lowest BCUT2D eigenvalue weighted by Crippen LogP contribution is -2.16. The monoisotopic (exact) mass is 141 g/mol. The maximum absolute atomic E-state index is 8.36. The van der Waals surface area contributed by atoms with Gasteiger partial charge in [0.1, 0.15) is 0 Å². The molecule has 0 fully saturated rings. The SMILES string of the molecule is C=C/C(=C\NN)C(=C)NO. The van der Waals surface area contributed by atoms with Gasteiger partial charge in [0.15, 0.2) is 0 Å². The van der Waals surface area contributed by atoms with Gasteiger partial charge in [-0.15, -0.1) is 0 Å². The van der Waals surface area contributed by atoms with Crippen LogP contribution in [0.4, 0.5) is 0 Å². The lowest BCUT2D eigenvalue weighted by Gasteiger charge is -2.02. The van der Waals surface area contributed by atoms with E-state index in [-0.39, 0.29) is 0 Å². The molecule has 0 rings (SSSR count). The summed E-state index contributed by atoms with van der Waals surface area (Å²) in [5, 5.41) is 8.36. The smallest absolute Gasteiger partial charge is 0.0617 e. The molecular formula is C6H11N3O. The van der Waals surface area contributed by atoms with Crippen molar-refractivity contribution in [1.82, 2.24) is 10.9 Å². The third-order valence-electron chi connectivity index (χ3n) is 0.942. The average Bonchev–Trinajstić information content (AvgIpc) is 1.99. The van der Waals surface area contributed by atoms with E-state index in [1.54, 1.807) is 0 Å². The molecule has 0 amide bonds. The number of hydrazine groups is 1. The number of hydrogen-bond acceptors (Lipinski definition) is 4. The Bertz CT molecular complexity index is 162. The maximum Gasteiger partial charge on any atom is 0.0617 e. The van der Waals surface area contributed by atoms with E-state index in [0.717, 1.165) is 0 Å². The molecule has 0 unspecified atom stereocenters. The molecule has 0 bridgehead atoms. The van der Waals surface area contributed by atoms with E-state index in [1.165, 1.54) is 12.3 Å². The van der Waals surface area contributed by atoms with Crippen LogP contribution >= 0.6 is 0 Å². The van der Waals surface area contributed by atoms with Crippen molar-refractivity contribution in [2.45, 2.75) is 0 Å². The van der Waals surface area contributed by atoms with Gasteiger partial charge in [0, 0.05) is 11.8 Å². The highest BCUT2D eigenvalue weighted by Crippen LogP contribution is 2.01. The Kier molecular flexibility index (Phi) is 4.02. The highest BCUT2D eigenvalue weighted by atomic mass is 16.5. The number of hydrogen-bond donors (Lipinski definition) is 4. The first-order valence-corrected chi connectivity index (χ1v) is 2.64. The Balaban J connectivity index is 4.20. The van der Waals surface area contributed by atoms with Gasteiger partial charge in [-0.3, -0.25) is 16.5 Å². The maximum atomic E-state index is 8.36. The molecular weight excluding hydrogens is 130 g/mol. The van der Waals surface area contributed by atoms with E-state index in [2.05, 4.69) is 18.6 Å². The zero-order chi connectivity index (χ0) is 7.98. The largest absolute Gasteiger partial charge is 0.331 e. The molecule has 5 N–H and O–H groups in total. The Morgan fingerprint density at radius 3 is 2.50 bits per heavy atom. The molecule has 0 atom stereocenters. The fourth-order valence-corrected chi connectivity index (χ4v) is 0.424. The van der Waals surface area contributed by atoms with Gasteiger partial charge >= 0.3 is 0 Å². The van der Waals surface area contributed by atoms with Crippen LogP contribution < -0.4 is 16.7 Å². The van der Waals surface area contributed by atoms with E-state index in [0.29, 0.717) is 11.3 Å². The fourth-order valence-electron chi connectivity index (χ4n) is 0.424. The van der Waals surface area contributed by atoms with E-state index in [9.17, 15) is 0 Å². The van der Waals surface area contributed by atoms with Crippen LogP contribution in [0.2, 0.25) is 0 Å². The zero-order valence-corrected chi connectivity index (χ0v) is 5.59. The first-order valence-electron chi connectivity index (χ1n) is 2.64. The van der Waals surface area contributed by atoms with Crippen molar-refractivity contribution < 1.29 is 5.21 Å². The van der Waals surface area contributed by atoms with Crippen LogP contribution in [-0.2, 0) is 0 Å². The van der Waals surface area contributed by atoms with Crippen molar-refractivity contribution in [3.8, 4) is 0 Å². The first-order chi connectivity index (χ1) is 4.76. The summed E-state index contributed by atoms with van der Waals surface area (Å²) in [6, 6.07) is 0. The molecule has 0 aromatic heterocycles. The van der Waals surface area contributed by atoms with Gasteiger partial charge in [0.25, 0.3) is 0 Å². The molecule has 0 saturated heterocycles. The van der Waals surface area contributed by atoms with Crippen LogP contribution in [0.1, 0.15) is 0 Å². The third-order valence-corrected chi connectivity index (χ3v) is 0.942. The molecule has 0 aliphatic carbocycles. The minimum Gasteiger partial charge on any atom is -0.331 e. The predicted molar refractivity (Wildman–Crippen MR) is 39.7 cm³/mol. The third kappa shape index (κ3) is 2.34. The molecule has 0 radical (unpaired) electrons. The topological polar surface area (TPSA) is 70.3 Å². The van der Waals surface area contributed by atoms with Crippen LogP contribution in [0.3, 0.4) is 0 Å². The van der Waals surface area contributed by atoms with Gasteiger partial charge in [-0.25, -0.2) is 0 Å². The van der Waals surface area contributed by atoms with Crippen LogP contribution in [0.5, 0.6) is 0 Å². The summed E-state index contributed by atoms with van der Waals surface area (Å²) < 4.78 is 0. The normalized spacial score (nSPS) is 10.4. The summed E-state index contributed by atoms with van der Waals surface area (Å²) in [5.41, 5.74) is 5.10. The van der Waals surface area contributed by atoms with E-state index in [1.807, 2.05) is 5.48 Å². The quantitative estimate of drug-likeness (QED) is 0.253. The van der Waals surface area contributed by atoms with Crippen molar-refractivity contribution in [1.29, 1.82) is 0 Å². The number of nitrogens with two attached hydrogens (primary N) is 1. The second kappa shape index (κ2) is 4.60. The van der Waals surface area contributed by atoms with Gasteiger partial charge in [0.2, 0.25) is 0 Å². The number of rotatable bonds is 4. The van der Waals surface area contributed by atoms with Gasteiger partial charge in [-0.1, -0.05) is 19.2 Å². The van der Waals surface area contributed by atoms with E-state index in [4.69, 9.17) is 11.0 Å². The van der Waals surface area contributed by atoms with E-state index < -0.39 is 0 Å². The molecule has 0 saturated carbocycles. The average molecular weight is 141 g/mol. The van der Waals surface area contributed by atoms with Crippen molar-refractivity contribution >= 4 is 0 Å². The van der Waals surface area contributed by atoms with E-state index >= 15 is 0 Å². The lowest BCUT2D eigenvalue weighted by molar-refractivity contribution is 0.204. The first kappa shape index (κ1) is 8.74. The summed E-state index contributed by atoms with van der Waals surface area (Å²) in [7, 11) is 0. The number of hydroxylamine groups is 1.